The molecule has 0 radical (unpaired) electrons. The number of fused-ring (bicyclic) bond motifs is 5. The second kappa shape index (κ2) is 5.80. The van der Waals surface area contributed by atoms with Gasteiger partial charge in [-0.25, -0.2) is 4.39 Å². The largest absolute Gasteiger partial charge is 0.388 e. The number of hydrogen-bond donors (Lipinski definition) is 2. The van der Waals surface area contributed by atoms with Crippen LogP contribution in [0.1, 0.15) is 33.6 Å². The topological polar surface area (TPSA) is 91.7 Å². The van der Waals surface area contributed by atoms with E-state index in [9.17, 15) is 24.6 Å². The Bertz CT molecular complexity index is 885. The van der Waals surface area contributed by atoms with Gasteiger partial charge in [-0.15, -0.1) is 0 Å². The molecule has 0 amide bonds. The van der Waals surface area contributed by atoms with Crippen molar-refractivity contribution in [3.63, 3.8) is 0 Å². The molecule has 150 valence electrons. The van der Waals surface area contributed by atoms with E-state index in [1.807, 2.05) is 0 Å². The molecule has 4 rings (SSSR count). The molecule has 0 unspecified atom stereocenters. The summed E-state index contributed by atoms with van der Waals surface area (Å²) in [6, 6.07) is 0. The molecule has 7 atom stereocenters. The van der Waals surface area contributed by atoms with Gasteiger partial charge < -0.3 is 10.2 Å². The van der Waals surface area contributed by atoms with E-state index >= 15 is 4.39 Å². The predicted molar refractivity (Wildman–Crippen MR) is 98.6 cm³/mol. The van der Waals surface area contributed by atoms with E-state index in [0.717, 1.165) is 0 Å². The minimum absolute atomic E-state index is 0.0223. The summed E-state index contributed by atoms with van der Waals surface area (Å²) in [4.78, 5) is 37.6. The number of carbonyl (C=O) groups excluding carboxylic acids is 3. The Morgan fingerprint density at radius 2 is 2.00 bits per heavy atom. The van der Waals surface area contributed by atoms with Crippen LogP contribution >= 0.6 is 0 Å². The van der Waals surface area contributed by atoms with Crippen molar-refractivity contribution in [3.8, 4) is 0 Å². The summed E-state index contributed by atoms with van der Waals surface area (Å²) in [5.41, 5.74) is -3.61. The highest BCUT2D eigenvalue weighted by molar-refractivity contribution is 6.02. The van der Waals surface area contributed by atoms with Crippen molar-refractivity contribution in [2.75, 3.05) is 6.61 Å². The Hall–Kier alpha value is -1.92. The zero-order valence-electron chi connectivity index (χ0n) is 16.2. The standard InChI is InChI=1S/C22H25FO5/c1-11-6-14-13-8-16(23)15-7-12(25)4-5-20(15,2)19(13)17(26)9-21(14,3)22(11,28)18(27)10-24/h4-5,7-8,11,13-14,19,24,28H,6,9-10H2,1-3H3/t11-,13-,14-,19+,20-,21-,22-/m0/s1. The van der Waals surface area contributed by atoms with E-state index in [1.165, 1.54) is 18.2 Å². The van der Waals surface area contributed by atoms with Crippen LogP contribution in [0.4, 0.5) is 4.39 Å². The number of Topliss-reactive ketones (excluding diaryl/α,β-unsaturated/α-hetero) is 2. The summed E-state index contributed by atoms with van der Waals surface area (Å²) in [5.74, 6) is -3.47. The van der Waals surface area contributed by atoms with E-state index < -0.39 is 52.4 Å². The number of aliphatic hydroxyl groups is 2. The van der Waals surface area contributed by atoms with Crippen molar-refractivity contribution < 1.29 is 29.0 Å². The molecule has 4 aliphatic carbocycles. The van der Waals surface area contributed by atoms with E-state index in [0.29, 0.717) is 6.42 Å². The highest BCUT2D eigenvalue weighted by Gasteiger charge is 2.70. The lowest BCUT2D eigenvalue weighted by molar-refractivity contribution is -0.170. The first-order valence-electron chi connectivity index (χ1n) is 9.73. The molecule has 2 saturated carbocycles. The maximum absolute atomic E-state index is 15.1. The quantitative estimate of drug-likeness (QED) is 0.756. The van der Waals surface area contributed by atoms with Crippen LogP contribution in [0.2, 0.25) is 0 Å². The molecule has 0 spiro atoms. The molecule has 0 aliphatic heterocycles. The van der Waals surface area contributed by atoms with Crippen LogP contribution in [0.3, 0.4) is 0 Å². The van der Waals surface area contributed by atoms with Crippen LogP contribution < -0.4 is 0 Å². The summed E-state index contributed by atoms with van der Waals surface area (Å²) in [6.07, 6.45) is 6.10. The molecular weight excluding hydrogens is 363 g/mol. The smallest absolute Gasteiger partial charge is 0.190 e. The number of carbonyl (C=O) groups is 3. The molecule has 2 fully saturated rings. The fourth-order valence-corrected chi connectivity index (χ4v) is 6.63. The number of rotatable bonds is 2. The third-order valence-electron chi connectivity index (χ3n) is 8.02. The molecule has 0 bridgehead atoms. The van der Waals surface area contributed by atoms with Crippen LogP contribution in [0.25, 0.3) is 0 Å². The van der Waals surface area contributed by atoms with Gasteiger partial charge in [0.2, 0.25) is 0 Å². The molecule has 0 saturated heterocycles. The lowest BCUT2D eigenvalue weighted by Gasteiger charge is -2.55. The van der Waals surface area contributed by atoms with Crippen LogP contribution in [-0.4, -0.2) is 39.8 Å². The minimum atomic E-state index is -1.83. The van der Waals surface area contributed by atoms with E-state index in [-0.39, 0.29) is 29.5 Å². The zero-order chi connectivity index (χ0) is 20.6. The second-order valence-corrected chi connectivity index (χ2v) is 9.30. The number of ketones is 3. The van der Waals surface area contributed by atoms with Crippen molar-refractivity contribution in [2.24, 2.45) is 34.5 Å². The Morgan fingerprint density at radius 3 is 2.64 bits per heavy atom. The van der Waals surface area contributed by atoms with E-state index in [1.54, 1.807) is 26.8 Å². The second-order valence-electron chi connectivity index (χ2n) is 9.30. The lowest BCUT2D eigenvalue weighted by Crippen LogP contribution is -2.61. The fraction of sp³-hybridized carbons (Fsp3) is 0.591. The van der Waals surface area contributed by atoms with Gasteiger partial charge in [0.05, 0.1) is 0 Å². The first kappa shape index (κ1) is 19.4. The van der Waals surface area contributed by atoms with Gasteiger partial charge in [-0.2, -0.15) is 0 Å². The molecule has 0 aromatic rings. The van der Waals surface area contributed by atoms with Crippen molar-refractivity contribution in [2.45, 2.75) is 39.2 Å². The van der Waals surface area contributed by atoms with Crippen molar-refractivity contribution in [1.29, 1.82) is 0 Å². The average molecular weight is 388 g/mol. The van der Waals surface area contributed by atoms with Crippen LogP contribution in [0.15, 0.2) is 35.7 Å². The molecule has 2 N–H and O–H groups in total. The molecular formula is C22H25FO5. The van der Waals surface area contributed by atoms with E-state index in [4.69, 9.17) is 0 Å². The van der Waals surface area contributed by atoms with Crippen LogP contribution in [0.5, 0.6) is 0 Å². The van der Waals surface area contributed by atoms with E-state index in [2.05, 4.69) is 0 Å². The van der Waals surface area contributed by atoms with Crippen molar-refractivity contribution in [3.05, 3.63) is 35.7 Å². The van der Waals surface area contributed by atoms with Gasteiger partial charge in [0, 0.05) is 28.7 Å². The fourth-order valence-electron chi connectivity index (χ4n) is 6.63. The molecule has 0 aromatic carbocycles. The van der Waals surface area contributed by atoms with Crippen molar-refractivity contribution >= 4 is 17.3 Å². The summed E-state index contributed by atoms with van der Waals surface area (Å²) in [7, 11) is 0. The normalized spacial score (nSPS) is 47.1. The lowest BCUT2D eigenvalue weighted by atomic mass is 9.48. The van der Waals surface area contributed by atoms with Crippen molar-refractivity contribution in [1.82, 2.24) is 0 Å². The number of allylic oxidation sites excluding steroid dienone is 6. The first-order chi connectivity index (χ1) is 13.0. The molecule has 28 heavy (non-hydrogen) atoms. The summed E-state index contributed by atoms with van der Waals surface area (Å²) >= 11 is 0. The van der Waals surface area contributed by atoms with Gasteiger partial charge in [0.15, 0.2) is 11.6 Å². The van der Waals surface area contributed by atoms with Gasteiger partial charge in [-0.1, -0.05) is 26.8 Å². The minimum Gasteiger partial charge on any atom is -0.388 e. The predicted octanol–water partition coefficient (Wildman–Crippen LogP) is 2.09. The van der Waals surface area contributed by atoms with Gasteiger partial charge in [-0.3, -0.25) is 14.4 Å². The number of hydrogen-bond acceptors (Lipinski definition) is 5. The third kappa shape index (κ3) is 2.10. The number of aliphatic hydroxyl groups excluding tert-OH is 1. The Labute approximate surface area is 163 Å². The SMILES string of the molecule is C[C@H]1C[C@H]2[C@@H]3C=C(F)C4=CC(=O)C=C[C@]4(C)[C@H]3C(=O)C[C@]2(C)[C@@]1(O)C(=O)CO. The summed E-state index contributed by atoms with van der Waals surface area (Å²) in [5, 5.41) is 20.8. The Morgan fingerprint density at radius 1 is 1.32 bits per heavy atom. The van der Waals surface area contributed by atoms with Crippen LogP contribution in [0, 0.1) is 34.5 Å². The van der Waals surface area contributed by atoms with Gasteiger partial charge in [0.1, 0.15) is 23.8 Å². The molecule has 6 heteroatoms. The summed E-state index contributed by atoms with van der Waals surface area (Å²) < 4.78 is 15.1. The highest BCUT2D eigenvalue weighted by atomic mass is 19.1. The average Bonchev–Trinajstić information content (AvgIpc) is 2.83. The Kier molecular flexibility index (Phi) is 4.02. The van der Waals surface area contributed by atoms with Gasteiger partial charge >= 0.3 is 0 Å². The molecule has 4 aliphatic rings. The summed E-state index contributed by atoms with van der Waals surface area (Å²) in [6.45, 7) is 4.43. The monoisotopic (exact) mass is 388 g/mol. The highest BCUT2D eigenvalue weighted by Crippen LogP contribution is 2.66. The maximum atomic E-state index is 15.1. The van der Waals surface area contributed by atoms with Gasteiger partial charge in [0.25, 0.3) is 0 Å². The van der Waals surface area contributed by atoms with Gasteiger partial charge in [-0.05, 0) is 42.4 Å². The van der Waals surface area contributed by atoms with Crippen LogP contribution in [-0.2, 0) is 14.4 Å². The number of halogens is 1. The zero-order valence-corrected chi connectivity index (χ0v) is 16.2. The third-order valence-corrected chi connectivity index (χ3v) is 8.02. The Balaban J connectivity index is 1.88. The first-order valence-corrected chi connectivity index (χ1v) is 9.73. The molecule has 0 heterocycles. The maximum Gasteiger partial charge on any atom is 0.190 e. The molecule has 5 nitrogen and oxygen atoms in total. The molecule has 0 aromatic heterocycles.